The van der Waals surface area contributed by atoms with Crippen molar-refractivity contribution in [1.82, 2.24) is 20.4 Å². The third-order valence-corrected chi connectivity index (χ3v) is 4.90. The molecule has 1 aliphatic heterocycles. The quantitative estimate of drug-likeness (QED) is 0.919. The third-order valence-electron chi connectivity index (χ3n) is 4.90. The van der Waals surface area contributed by atoms with E-state index in [2.05, 4.69) is 29.2 Å². The van der Waals surface area contributed by atoms with E-state index in [0.29, 0.717) is 5.92 Å². The van der Waals surface area contributed by atoms with Crippen LogP contribution in [0.25, 0.3) is 0 Å². The highest BCUT2D eigenvalue weighted by molar-refractivity contribution is 4.99. The van der Waals surface area contributed by atoms with Gasteiger partial charge >= 0.3 is 0 Å². The van der Waals surface area contributed by atoms with E-state index in [1.54, 1.807) is 0 Å². The maximum Gasteiger partial charge on any atom is 0.229 e. The minimum absolute atomic E-state index is 0.261. The van der Waals surface area contributed by atoms with Gasteiger partial charge in [-0.25, -0.2) is 0 Å². The molecule has 0 spiro atoms. The van der Waals surface area contributed by atoms with Crippen LogP contribution in [-0.2, 0) is 0 Å². The van der Waals surface area contributed by atoms with Gasteiger partial charge in [0.15, 0.2) is 5.82 Å². The first-order valence-electron chi connectivity index (χ1n) is 8.02. The summed E-state index contributed by atoms with van der Waals surface area (Å²) in [6.07, 6.45) is 4.97. The van der Waals surface area contributed by atoms with Crippen molar-refractivity contribution >= 4 is 0 Å². The van der Waals surface area contributed by atoms with Crippen LogP contribution in [0.1, 0.15) is 63.2 Å². The molecule has 1 atom stereocenters. The van der Waals surface area contributed by atoms with Crippen LogP contribution in [0, 0.1) is 5.92 Å². The van der Waals surface area contributed by atoms with Gasteiger partial charge in [-0.3, -0.25) is 4.90 Å². The second-order valence-corrected chi connectivity index (χ2v) is 6.41. The Bertz CT molecular complexity index is 419. The van der Waals surface area contributed by atoms with Crippen LogP contribution in [0.4, 0.5) is 0 Å². The highest BCUT2D eigenvalue weighted by Gasteiger charge is 2.27. The van der Waals surface area contributed by atoms with E-state index in [1.165, 1.54) is 25.7 Å². The van der Waals surface area contributed by atoms with Crippen molar-refractivity contribution in [1.29, 1.82) is 0 Å². The molecule has 5 nitrogen and oxygen atoms in total. The fourth-order valence-corrected chi connectivity index (χ4v) is 3.32. The monoisotopic (exact) mass is 278 g/mol. The zero-order valence-electron chi connectivity index (χ0n) is 12.6. The van der Waals surface area contributed by atoms with Gasteiger partial charge in [-0.2, -0.15) is 4.98 Å². The zero-order valence-corrected chi connectivity index (χ0v) is 12.6. The molecular weight excluding hydrogens is 252 g/mol. The van der Waals surface area contributed by atoms with E-state index in [0.717, 1.165) is 43.8 Å². The van der Waals surface area contributed by atoms with Gasteiger partial charge < -0.3 is 9.84 Å². The van der Waals surface area contributed by atoms with Crippen molar-refractivity contribution in [2.75, 3.05) is 26.2 Å². The molecule has 1 aromatic heterocycles. The average Bonchev–Trinajstić information content (AvgIpc) is 2.98. The average molecular weight is 278 g/mol. The molecule has 1 N–H and O–H groups in total. The minimum atomic E-state index is 0.261. The minimum Gasteiger partial charge on any atom is -0.339 e. The van der Waals surface area contributed by atoms with Crippen molar-refractivity contribution in [3.05, 3.63) is 11.7 Å². The summed E-state index contributed by atoms with van der Waals surface area (Å²) >= 11 is 0. The number of nitrogens with one attached hydrogen (secondary N) is 1. The van der Waals surface area contributed by atoms with Gasteiger partial charge in [0.1, 0.15) is 0 Å². The largest absolute Gasteiger partial charge is 0.339 e. The van der Waals surface area contributed by atoms with E-state index in [1.807, 2.05) is 0 Å². The van der Waals surface area contributed by atoms with Crippen molar-refractivity contribution in [2.24, 2.45) is 5.92 Å². The molecule has 2 aliphatic rings. The Hall–Kier alpha value is -0.940. The van der Waals surface area contributed by atoms with E-state index in [4.69, 9.17) is 9.51 Å². The summed E-state index contributed by atoms with van der Waals surface area (Å²) in [5.41, 5.74) is 0. The molecule has 1 unspecified atom stereocenters. The molecule has 1 saturated heterocycles. The van der Waals surface area contributed by atoms with Gasteiger partial charge in [0, 0.05) is 32.1 Å². The van der Waals surface area contributed by atoms with Crippen LogP contribution < -0.4 is 5.32 Å². The first-order valence-corrected chi connectivity index (χ1v) is 8.02. The van der Waals surface area contributed by atoms with Crippen molar-refractivity contribution in [3.8, 4) is 0 Å². The first-order chi connectivity index (χ1) is 9.74. The van der Waals surface area contributed by atoms with Crippen molar-refractivity contribution in [2.45, 2.75) is 51.5 Å². The molecule has 3 rings (SSSR count). The number of piperazine rings is 1. The highest BCUT2D eigenvalue weighted by Crippen LogP contribution is 2.35. The summed E-state index contributed by atoms with van der Waals surface area (Å²) in [5, 5.41) is 7.61. The lowest BCUT2D eigenvalue weighted by molar-refractivity contribution is 0.176. The number of aromatic nitrogens is 2. The summed E-state index contributed by atoms with van der Waals surface area (Å²) < 4.78 is 5.55. The van der Waals surface area contributed by atoms with Crippen LogP contribution in [-0.4, -0.2) is 41.2 Å². The van der Waals surface area contributed by atoms with Crippen molar-refractivity contribution in [3.63, 3.8) is 0 Å². The van der Waals surface area contributed by atoms with E-state index >= 15 is 0 Å². The fourth-order valence-electron chi connectivity index (χ4n) is 3.32. The van der Waals surface area contributed by atoms with Gasteiger partial charge in [0.2, 0.25) is 5.89 Å². The van der Waals surface area contributed by atoms with E-state index in [-0.39, 0.29) is 6.04 Å². The molecule has 1 aromatic rings. The lowest BCUT2D eigenvalue weighted by atomic mass is 9.83. The number of nitrogens with zero attached hydrogens (tertiary/aromatic N) is 3. The van der Waals surface area contributed by atoms with E-state index in [9.17, 15) is 0 Å². The van der Waals surface area contributed by atoms with Crippen LogP contribution in [0.3, 0.4) is 0 Å². The van der Waals surface area contributed by atoms with E-state index < -0.39 is 0 Å². The summed E-state index contributed by atoms with van der Waals surface area (Å²) in [4.78, 5) is 7.12. The summed E-state index contributed by atoms with van der Waals surface area (Å²) in [6.45, 7) is 8.74. The maximum absolute atomic E-state index is 5.55. The van der Waals surface area contributed by atoms with Gasteiger partial charge in [-0.05, 0) is 38.5 Å². The number of hydrogen-bond acceptors (Lipinski definition) is 5. The second-order valence-electron chi connectivity index (χ2n) is 6.41. The molecule has 1 saturated carbocycles. The normalized spacial score (nSPS) is 30.3. The van der Waals surface area contributed by atoms with Crippen LogP contribution in [0.15, 0.2) is 4.52 Å². The Morgan fingerprint density at radius 1 is 1.20 bits per heavy atom. The predicted octanol–water partition coefficient (Wildman–Crippen LogP) is 2.33. The Morgan fingerprint density at radius 3 is 2.60 bits per heavy atom. The molecule has 5 heteroatoms. The number of rotatable bonds is 3. The molecule has 0 bridgehead atoms. The van der Waals surface area contributed by atoms with Gasteiger partial charge in [-0.15, -0.1) is 0 Å². The predicted molar refractivity (Wildman–Crippen MR) is 77.5 cm³/mol. The molecule has 2 heterocycles. The van der Waals surface area contributed by atoms with Gasteiger partial charge in [0.25, 0.3) is 0 Å². The Morgan fingerprint density at radius 2 is 1.90 bits per heavy atom. The number of hydrogen-bond donors (Lipinski definition) is 1. The molecule has 2 fully saturated rings. The molecule has 1 aliphatic carbocycles. The Kier molecular flexibility index (Phi) is 4.36. The standard InChI is InChI=1S/C15H26N4O/c1-11-3-5-13(6-4-11)15-17-14(18-20-15)12(2)19-9-7-16-8-10-19/h11-13,16H,3-10H2,1-2H3. The molecule has 0 aromatic carbocycles. The fraction of sp³-hybridized carbons (Fsp3) is 0.867. The summed E-state index contributed by atoms with van der Waals surface area (Å²) in [7, 11) is 0. The summed E-state index contributed by atoms with van der Waals surface area (Å²) in [5.74, 6) is 3.07. The van der Waals surface area contributed by atoms with Gasteiger partial charge in [0.05, 0.1) is 6.04 Å². The van der Waals surface area contributed by atoms with Crippen LogP contribution in [0.5, 0.6) is 0 Å². The SMILES string of the molecule is CC1CCC(c2nc(C(C)N3CCNCC3)no2)CC1. The Labute approximate surface area is 121 Å². The lowest BCUT2D eigenvalue weighted by Gasteiger charge is -2.30. The molecule has 20 heavy (non-hydrogen) atoms. The van der Waals surface area contributed by atoms with Crippen LogP contribution in [0.2, 0.25) is 0 Å². The van der Waals surface area contributed by atoms with Gasteiger partial charge in [-0.1, -0.05) is 12.1 Å². The second kappa shape index (κ2) is 6.22. The highest BCUT2D eigenvalue weighted by atomic mass is 16.5. The van der Waals surface area contributed by atoms with Crippen LogP contribution >= 0.6 is 0 Å². The molecular formula is C15H26N4O. The molecule has 112 valence electrons. The topological polar surface area (TPSA) is 54.2 Å². The third kappa shape index (κ3) is 3.04. The lowest BCUT2D eigenvalue weighted by Crippen LogP contribution is -2.44. The maximum atomic E-state index is 5.55. The van der Waals surface area contributed by atoms with Crippen molar-refractivity contribution < 1.29 is 4.52 Å². The Balaban J connectivity index is 1.63. The zero-order chi connectivity index (χ0) is 13.9. The molecule has 0 amide bonds. The summed E-state index contributed by atoms with van der Waals surface area (Å²) in [6, 6.07) is 0.261. The smallest absolute Gasteiger partial charge is 0.229 e. The first kappa shape index (κ1) is 14.0. The molecule has 0 radical (unpaired) electrons.